The number of amides is 1. The fourth-order valence-electron chi connectivity index (χ4n) is 1.72. The SMILES string of the molecule is CCCN(CC(=O)OC)C(=O)c1cc(C)ccc1Br. The van der Waals surface area contributed by atoms with Crippen LogP contribution < -0.4 is 0 Å². The Morgan fingerprint density at radius 1 is 1.37 bits per heavy atom. The van der Waals surface area contributed by atoms with Crippen molar-refractivity contribution in [2.24, 2.45) is 0 Å². The van der Waals surface area contributed by atoms with Gasteiger partial charge in [-0.3, -0.25) is 9.59 Å². The van der Waals surface area contributed by atoms with Crippen molar-refractivity contribution >= 4 is 27.8 Å². The first-order valence-electron chi connectivity index (χ1n) is 6.11. The number of carbonyl (C=O) groups excluding carboxylic acids is 2. The third kappa shape index (κ3) is 4.35. The zero-order chi connectivity index (χ0) is 14.4. The van der Waals surface area contributed by atoms with Crippen LogP contribution in [-0.4, -0.2) is 37.0 Å². The van der Waals surface area contributed by atoms with E-state index >= 15 is 0 Å². The molecule has 0 saturated carbocycles. The minimum Gasteiger partial charge on any atom is -0.468 e. The van der Waals surface area contributed by atoms with Gasteiger partial charge in [-0.25, -0.2) is 0 Å². The number of aryl methyl sites for hydroxylation is 1. The van der Waals surface area contributed by atoms with E-state index in [-0.39, 0.29) is 12.5 Å². The monoisotopic (exact) mass is 327 g/mol. The Balaban J connectivity index is 2.98. The number of hydrogen-bond acceptors (Lipinski definition) is 3. The summed E-state index contributed by atoms with van der Waals surface area (Å²) in [6, 6.07) is 5.57. The van der Waals surface area contributed by atoms with Crippen LogP contribution in [0.5, 0.6) is 0 Å². The summed E-state index contributed by atoms with van der Waals surface area (Å²) in [7, 11) is 1.32. The van der Waals surface area contributed by atoms with Gasteiger partial charge in [0.1, 0.15) is 6.54 Å². The summed E-state index contributed by atoms with van der Waals surface area (Å²) in [6.07, 6.45) is 0.784. The average Bonchev–Trinajstić information content (AvgIpc) is 2.40. The number of ether oxygens (including phenoxy) is 1. The molecule has 1 aromatic rings. The number of methoxy groups -OCH3 is 1. The van der Waals surface area contributed by atoms with Crippen molar-refractivity contribution in [3.8, 4) is 0 Å². The molecule has 5 heteroatoms. The molecule has 4 nitrogen and oxygen atoms in total. The summed E-state index contributed by atoms with van der Waals surface area (Å²) in [5.41, 5.74) is 1.57. The van der Waals surface area contributed by atoms with Gasteiger partial charge in [0.2, 0.25) is 0 Å². The molecule has 0 saturated heterocycles. The highest BCUT2D eigenvalue weighted by atomic mass is 79.9. The van der Waals surface area contributed by atoms with Crippen molar-refractivity contribution in [1.29, 1.82) is 0 Å². The van der Waals surface area contributed by atoms with E-state index in [2.05, 4.69) is 20.7 Å². The number of carbonyl (C=O) groups is 2. The Labute approximate surface area is 121 Å². The lowest BCUT2D eigenvalue weighted by Crippen LogP contribution is -2.37. The lowest BCUT2D eigenvalue weighted by atomic mass is 10.1. The number of nitrogens with zero attached hydrogens (tertiary/aromatic N) is 1. The van der Waals surface area contributed by atoms with Crippen molar-refractivity contribution < 1.29 is 14.3 Å². The Hall–Kier alpha value is -1.36. The van der Waals surface area contributed by atoms with Crippen LogP contribution in [0, 0.1) is 6.92 Å². The molecule has 104 valence electrons. The molecular formula is C14H18BrNO3. The van der Waals surface area contributed by atoms with Crippen LogP contribution in [0.1, 0.15) is 29.3 Å². The molecule has 1 rings (SSSR count). The summed E-state index contributed by atoms with van der Waals surface area (Å²) in [4.78, 5) is 25.3. The number of esters is 1. The van der Waals surface area contributed by atoms with Crippen molar-refractivity contribution in [3.05, 3.63) is 33.8 Å². The highest BCUT2D eigenvalue weighted by Crippen LogP contribution is 2.20. The fraction of sp³-hybridized carbons (Fsp3) is 0.429. The van der Waals surface area contributed by atoms with E-state index in [1.807, 2.05) is 32.0 Å². The van der Waals surface area contributed by atoms with E-state index in [1.165, 1.54) is 12.0 Å². The van der Waals surface area contributed by atoms with Gasteiger partial charge in [-0.15, -0.1) is 0 Å². The van der Waals surface area contributed by atoms with Crippen LogP contribution in [0.3, 0.4) is 0 Å². The zero-order valence-corrected chi connectivity index (χ0v) is 13.0. The molecule has 0 aliphatic carbocycles. The van der Waals surface area contributed by atoms with Gasteiger partial charge in [0.05, 0.1) is 12.7 Å². The molecular weight excluding hydrogens is 310 g/mol. The molecule has 0 unspecified atom stereocenters. The van der Waals surface area contributed by atoms with Gasteiger partial charge in [-0.05, 0) is 41.4 Å². The van der Waals surface area contributed by atoms with E-state index in [0.29, 0.717) is 12.1 Å². The van der Waals surface area contributed by atoms with Gasteiger partial charge in [-0.2, -0.15) is 0 Å². The third-order valence-electron chi connectivity index (χ3n) is 2.68. The largest absolute Gasteiger partial charge is 0.468 e. The Morgan fingerprint density at radius 3 is 2.63 bits per heavy atom. The van der Waals surface area contributed by atoms with Crippen molar-refractivity contribution in [3.63, 3.8) is 0 Å². The van der Waals surface area contributed by atoms with Crippen molar-refractivity contribution in [2.45, 2.75) is 20.3 Å². The van der Waals surface area contributed by atoms with E-state index in [9.17, 15) is 9.59 Å². The van der Waals surface area contributed by atoms with Crippen molar-refractivity contribution in [1.82, 2.24) is 4.90 Å². The summed E-state index contributed by atoms with van der Waals surface area (Å²) >= 11 is 3.37. The molecule has 0 aliphatic rings. The highest BCUT2D eigenvalue weighted by Gasteiger charge is 2.20. The first-order valence-corrected chi connectivity index (χ1v) is 6.91. The van der Waals surface area contributed by atoms with Gasteiger partial charge in [-0.1, -0.05) is 18.6 Å². The van der Waals surface area contributed by atoms with E-state index < -0.39 is 5.97 Å². The minimum absolute atomic E-state index is 0.0243. The molecule has 1 aromatic carbocycles. The fourth-order valence-corrected chi connectivity index (χ4v) is 2.13. The maximum atomic E-state index is 12.4. The summed E-state index contributed by atoms with van der Waals surface area (Å²) in [5.74, 6) is -0.576. The summed E-state index contributed by atoms with van der Waals surface area (Å²) < 4.78 is 5.35. The number of benzene rings is 1. The summed E-state index contributed by atoms with van der Waals surface area (Å²) in [6.45, 7) is 4.38. The lowest BCUT2D eigenvalue weighted by molar-refractivity contribution is -0.141. The Bertz CT molecular complexity index is 474. The smallest absolute Gasteiger partial charge is 0.325 e. The third-order valence-corrected chi connectivity index (χ3v) is 3.37. The van der Waals surface area contributed by atoms with Gasteiger partial charge < -0.3 is 9.64 Å². The predicted octanol–water partition coefficient (Wildman–Crippen LogP) is 2.78. The van der Waals surface area contributed by atoms with Gasteiger partial charge in [0.15, 0.2) is 0 Å². The minimum atomic E-state index is -0.412. The zero-order valence-electron chi connectivity index (χ0n) is 11.4. The highest BCUT2D eigenvalue weighted by molar-refractivity contribution is 9.10. The second-order valence-corrected chi connectivity index (χ2v) is 5.14. The molecule has 1 amide bonds. The van der Waals surface area contributed by atoms with Gasteiger partial charge >= 0.3 is 5.97 Å². The second kappa shape index (κ2) is 7.28. The molecule has 0 bridgehead atoms. The van der Waals surface area contributed by atoms with Crippen LogP contribution >= 0.6 is 15.9 Å². The number of hydrogen-bond donors (Lipinski definition) is 0. The van der Waals surface area contributed by atoms with E-state index in [0.717, 1.165) is 16.5 Å². The maximum Gasteiger partial charge on any atom is 0.325 e. The molecule has 0 aromatic heterocycles. The molecule has 0 radical (unpaired) electrons. The van der Waals surface area contributed by atoms with Gasteiger partial charge in [0, 0.05) is 11.0 Å². The molecule has 0 N–H and O–H groups in total. The number of halogens is 1. The van der Waals surface area contributed by atoms with Crippen LogP contribution in [0.25, 0.3) is 0 Å². The Kier molecular flexibility index (Phi) is 6.02. The second-order valence-electron chi connectivity index (χ2n) is 4.29. The van der Waals surface area contributed by atoms with Crippen molar-refractivity contribution in [2.75, 3.05) is 20.2 Å². The molecule has 0 heterocycles. The average molecular weight is 328 g/mol. The quantitative estimate of drug-likeness (QED) is 0.781. The molecule has 0 aliphatic heterocycles. The first kappa shape index (κ1) is 15.7. The molecule has 19 heavy (non-hydrogen) atoms. The first-order chi connectivity index (χ1) is 8.99. The van der Waals surface area contributed by atoms with Crippen LogP contribution in [0.4, 0.5) is 0 Å². The standard InChI is InChI=1S/C14H18BrNO3/c1-4-7-16(9-13(17)19-3)14(18)11-8-10(2)5-6-12(11)15/h5-6,8H,4,7,9H2,1-3H3. The van der Waals surface area contributed by atoms with Crippen LogP contribution in [-0.2, 0) is 9.53 Å². The maximum absolute atomic E-state index is 12.4. The summed E-state index contributed by atoms with van der Waals surface area (Å²) in [5, 5.41) is 0. The van der Waals surface area contributed by atoms with E-state index in [1.54, 1.807) is 0 Å². The van der Waals surface area contributed by atoms with Crippen LogP contribution in [0.15, 0.2) is 22.7 Å². The predicted molar refractivity (Wildman–Crippen MR) is 77.1 cm³/mol. The normalized spacial score (nSPS) is 10.1. The number of rotatable bonds is 5. The molecule has 0 spiro atoms. The topological polar surface area (TPSA) is 46.6 Å². The van der Waals surface area contributed by atoms with E-state index in [4.69, 9.17) is 0 Å². The lowest BCUT2D eigenvalue weighted by Gasteiger charge is -2.21. The molecule has 0 fully saturated rings. The Morgan fingerprint density at radius 2 is 2.05 bits per heavy atom. The molecule has 0 atom stereocenters. The van der Waals surface area contributed by atoms with Crippen LogP contribution in [0.2, 0.25) is 0 Å². The van der Waals surface area contributed by atoms with Gasteiger partial charge in [0.25, 0.3) is 5.91 Å².